The summed E-state index contributed by atoms with van der Waals surface area (Å²) < 4.78 is 15.1. The van der Waals surface area contributed by atoms with Crippen molar-refractivity contribution < 1.29 is 4.39 Å². The summed E-state index contributed by atoms with van der Waals surface area (Å²) in [4.78, 5) is 8.94. The van der Waals surface area contributed by atoms with Crippen LogP contribution < -0.4 is 10.6 Å². The fraction of sp³-hybridized carbons (Fsp3) is 0.545. The summed E-state index contributed by atoms with van der Waals surface area (Å²) in [6, 6.07) is 5.10. The quantitative estimate of drug-likeness (QED) is 0.502. The first-order valence-electron chi connectivity index (χ1n) is 10.6. The van der Waals surface area contributed by atoms with E-state index in [-0.39, 0.29) is 17.9 Å². The zero-order valence-corrected chi connectivity index (χ0v) is 19.5. The standard InChI is InChI=1S/C22H33ClFN7/c1-25-22(26-12-21(29(2)3)17-11-27-30(4)13-17)28-19-6-5-9-31(15-19)14-16-7-8-18(24)10-20(16)23/h7-8,10-11,13,19,21H,5-6,9,12,14-15H2,1-4H3,(H2,25,26,28). The van der Waals surface area contributed by atoms with Gasteiger partial charge in [-0.1, -0.05) is 17.7 Å². The zero-order chi connectivity index (χ0) is 22.4. The van der Waals surface area contributed by atoms with Crippen LogP contribution >= 0.6 is 11.6 Å². The van der Waals surface area contributed by atoms with Crippen molar-refractivity contribution in [3.63, 3.8) is 0 Å². The molecule has 0 aliphatic carbocycles. The summed E-state index contributed by atoms with van der Waals surface area (Å²) in [5.74, 6) is 0.492. The third kappa shape index (κ3) is 6.66. The summed E-state index contributed by atoms with van der Waals surface area (Å²) in [5.41, 5.74) is 2.12. The minimum absolute atomic E-state index is 0.190. The molecule has 2 aromatic rings. The van der Waals surface area contributed by atoms with E-state index in [1.807, 2.05) is 24.1 Å². The maximum absolute atomic E-state index is 13.3. The number of benzene rings is 1. The van der Waals surface area contributed by atoms with E-state index in [0.717, 1.165) is 49.6 Å². The van der Waals surface area contributed by atoms with Crippen LogP contribution in [0.3, 0.4) is 0 Å². The predicted molar refractivity (Wildman–Crippen MR) is 124 cm³/mol. The summed E-state index contributed by atoms with van der Waals surface area (Å²) >= 11 is 6.22. The fourth-order valence-electron chi connectivity index (χ4n) is 4.00. The maximum atomic E-state index is 13.3. The first kappa shape index (κ1) is 23.5. The molecule has 0 saturated carbocycles. The van der Waals surface area contributed by atoms with E-state index in [1.54, 1.807) is 13.1 Å². The van der Waals surface area contributed by atoms with Crippen molar-refractivity contribution in [1.82, 2.24) is 30.2 Å². The molecule has 7 nitrogen and oxygen atoms in total. The molecule has 1 aliphatic heterocycles. The average molecular weight is 450 g/mol. The highest BCUT2D eigenvalue weighted by Gasteiger charge is 2.22. The number of hydrogen-bond donors (Lipinski definition) is 2. The molecule has 1 aliphatic rings. The number of piperidine rings is 1. The van der Waals surface area contributed by atoms with Gasteiger partial charge in [-0.05, 0) is 51.2 Å². The molecule has 9 heteroatoms. The number of nitrogens with zero attached hydrogens (tertiary/aromatic N) is 5. The van der Waals surface area contributed by atoms with E-state index in [4.69, 9.17) is 11.6 Å². The highest BCUT2D eigenvalue weighted by atomic mass is 35.5. The van der Waals surface area contributed by atoms with E-state index in [2.05, 4.69) is 44.6 Å². The number of hydrogen-bond acceptors (Lipinski definition) is 4. The van der Waals surface area contributed by atoms with E-state index in [0.29, 0.717) is 11.6 Å². The highest BCUT2D eigenvalue weighted by Crippen LogP contribution is 2.21. The lowest BCUT2D eigenvalue weighted by molar-refractivity contribution is 0.192. The van der Waals surface area contributed by atoms with Crippen LogP contribution in [0.25, 0.3) is 0 Å². The van der Waals surface area contributed by atoms with Gasteiger partial charge in [0.15, 0.2) is 5.96 Å². The lowest BCUT2D eigenvalue weighted by Crippen LogP contribution is -2.51. The number of aromatic nitrogens is 2. The largest absolute Gasteiger partial charge is 0.354 e. The fourth-order valence-corrected chi connectivity index (χ4v) is 4.23. The Morgan fingerprint density at radius 1 is 1.42 bits per heavy atom. The van der Waals surface area contributed by atoms with Crippen molar-refractivity contribution in [3.8, 4) is 0 Å². The topological polar surface area (TPSA) is 60.7 Å². The monoisotopic (exact) mass is 449 g/mol. The summed E-state index contributed by atoms with van der Waals surface area (Å²) in [6.45, 7) is 3.32. The Kier molecular flexibility index (Phi) is 8.28. The molecule has 1 fully saturated rings. The number of likely N-dealkylation sites (N-methyl/N-ethyl adjacent to an activating group) is 1. The lowest BCUT2D eigenvalue weighted by Gasteiger charge is -2.34. The Hall–Kier alpha value is -2.16. The van der Waals surface area contributed by atoms with Crippen LogP contribution in [-0.2, 0) is 13.6 Å². The van der Waals surface area contributed by atoms with Gasteiger partial charge in [-0.3, -0.25) is 14.6 Å². The van der Waals surface area contributed by atoms with Gasteiger partial charge in [0.05, 0.1) is 12.2 Å². The second-order valence-electron chi connectivity index (χ2n) is 8.33. The Morgan fingerprint density at radius 2 is 2.23 bits per heavy atom. The summed E-state index contributed by atoms with van der Waals surface area (Å²) in [6.07, 6.45) is 6.11. The van der Waals surface area contributed by atoms with Crippen molar-refractivity contribution in [3.05, 3.63) is 52.6 Å². The van der Waals surface area contributed by atoms with Crippen LogP contribution in [0, 0.1) is 5.82 Å². The first-order chi connectivity index (χ1) is 14.9. The molecule has 0 amide bonds. The van der Waals surface area contributed by atoms with Gasteiger partial charge in [0.2, 0.25) is 0 Å². The van der Waals surface area contributed by atoms with E-state index < -0.39 is 0 Å². The molecule has 2 heterocycles. The Balaban J connectivity index is 1.54. The molecule has 3 rings (SSSR count). The molecular weight excluding hydrogens is 417 g/mol. The minimum atomic E-state index is -0.302. The molecule has 170 valence electrons. The van der Waals surface area contributed by atoms with Crippen LogP contribution in [-0.4, -0.2) is 72.4 Å². The highest BCUT2D eigenvalue weighted by molar-refractivity contribution is 6.31. The predicted octanol–water partition coefficient (Wildman–Crippen LogP) is 2.64. The van der Waals surface area contributed by atoms with Gasteiger partial charge in [-0.15, -0.1) is 0 Å². The average Bonchev–Trinajstić information content (AvgIpc) is 3.15. The molecule has 0 spiro atoms. The second-order valence-corrected chi connectivity index (χ2v) is 8.74. The SMILES string of the molecule is CN=C(NCC(c1cnn(C)c1)N(C)C)NC1CCCN(Cc2ccc(F)cc2Cl)C1. The van der Waals surface area contributed by atoms with Gasteiger partial charge in [0.25, 0.3) is 0 Å². The molecule has 1 saturated heterocycles. The molecule has 1 aromatic heterocycles. The Morgan fingerprint density at radius 3 is 2.87 bits per heavy atom. The van der Waals surface area contributed by atoms with Gasteiger partial charge >= 0.3 is 0 Å². The molecule has 2 N–H and O–H groups in total. The molecular formula is C22H33ClFN7. The molecule has 2 unspecified atom stereocenters. The summed E-state index contributed by atoms with van der Waals surface area (Å²) in [5, 5.41) is 11.8. The normalized spacial score (nSPS) is 18.9. The number of guanidine groups is 1. The van der Waals surface area contributed by atoms with E-state index in [1.165, 1.54) is 12.1 Å². The third-order valence-corrected chi connectivity index (χ3v) is 6.03. The number of aliphatic imine (C=N–C) groups is 1. The first-order valence-corrected chi connectivity index (χ1v) is 11.0. The van der Waals surface area contributed by atoms with Crippen molar-refractivity contribution in [2.75, 3.05) is 40.8 Å². The second kappa shape index (κ2) is 10.9. The van der Waals surface area contributed by atoms with Gasteiger partial charge in [0, 0.05) is 56.6 Å². The van der Waals surface area contributed by atoms with Crippen molar-refractivity contribution in [1.29, 1.82) is 0 Å². The van der Waals surface area contributed by atoms with E-state index in [9.17, 15) is 4.39 Å². The Bertz CT molecular complexity index is 882. The smallest absolute Gasteiger partial charge is 0.191 e. The number of aryl methyl sites for hydroxylation is 1. The maximum Gasteiger partial charge on any atom is 0.191 e. The van der Waals surface area contributed by atoms with Crippen molar-refractivity contribution >= 4 is 17.6 Å². The Labute approximate surface area is 189 Å². The van der Waals surface area contributed by atoms with Crippen molar-refractivity contribution in [2.24, 2.45) is 12.0 Å². The van der Waals surface area contributed by atoms with Crippen LogP contribution in [0.2, 0.25) is 5.02 Å². The van der Waals surface area contributed by atoms with Gasteiger partial charge in [0.1, 0.15) is 5.82 Å². The van der Waals surface area contributed by atoms with Crippen LogP contribution in [0.4, 0.5) is 4.39 Å². The number of halogens is 2. The molecule has 2 atom stereocenters. The number of likely N-dealkylation sites (tertiary alicyclic amines) is 1. The number of rotatable bonds is 7. The van der Waals surface area contributed by atoms with Crippen LogP contribution in [0.5, 0.6) is 0 Å². The zero-order valence-electron chi connectivity index (χ0n) is 18.8. The van der Waals surface area contributed by atoms with Crippen LogP contribution in [0.1, 0.15) is 30.0 Å². The third-order valence-electron chi connectivity index (χ3n) is 5.67. The molecule has 1 aromatic carbocycles. The van der Waals surface area contributed by atoms with Crippen molar-refractivity contribution in [2.45, 2.75) is 31.5 Å². The minimum Gasteiger partial charge on any atom is -0.354 e. The van der Waals surface area contributed by atoms with E-state index >= 15 is 0 Å². The molecule has 31 heavy (non-hydrogen) atoms. The van der Waals surface area contributed by atoms with Gasteiger partial charge < -0.3 is 15.5 Å². The van der Waals surface area contributed by atoms with Crippen LogP contribution in [0.15, 0.2) is 35.6 Å². The van der Waals surface area contributed by atoms with Gasteiger partial charge in [-0.25, -0.2) is 4.39 Å². The molecule has 0 radical (unpaired) electrons. The number of nitrogens with one attached hydrogen (secondary N) is 2. The molecule has 0 bridgehead atoms. The summed E-state index contributed by atoms with van der Waals surface area (Å²) in [7, 11) is 7.85. The van der Waals surface area contributed by atoms with Gasteiger partial charge in [-0.2, -0.15) is 5.10 Å². The lowest BCUT2D eigenvalue weighted by atomic mass is 10.0.